The van der Waals surface area contributed by atoms with Gasteiger partial charge in [0.15, 0.2) is 0 Å². The van der Waals surface area contributed by atoms with Gasteiger partial charge in [0.2, 0.25) is 5.91 Å². The molecule has 2 aliphatic rings. The van der Waals surface area contributed by atoms with Crippen molar-refractivity contribution in [3.63, 3.8) is 0 Å². The zero-order valence-electron chi connectivity index (χ0n) is 11.0. The Morgan fingerprint density at radius 2 is 2.06 bits per heavy atom. The van der Waals surface area contributed by atoms with Gasteiger partial charge in [-0.15, -0.1) is 0 Å². The van der Waals surface area contributed by atoms with Crippen LogP contribution in [0.25, 0.3) is 0 Å². The predicted octanol–water partition coefficient (Wildman–Crippen LogP) is 0.714. The molecule has 1 aliphatic heterocycles. The molecule has 2 unspecified atom stereocenters. The number of likely N-dealkylation sites (tertiary alicyclic amines) is 1. The number of amides is 1. The summed E-state index contributed by atoms with van der Waals surface area (Å²) >= 11 is 0. The second-order valence-corrected chi connectivity index (χ2v) is 5.86. The first-order valence-electron chi connectivity index (χ1n) is 6.83. The van der Waals surface area contributed by atoms with Crippen LogP contribution in [0.1, 0.15) is 39.5 Å². The van der Waals surface area contributed by atoms with Crippen LogP contribution in [0.5, 0.6) is 0 Å². The quantitative estimate of drug-likeness (QED) is 0.743. The molecule has 1 saturated heterocycles. The van der Waals surface area contributed by atoms with Crippen LogP contribution < -0.4 is 11.1 Å². The van der Waals surface area contributed by atoms with Gasteiger partial charge in [-0.05, 0) is 58.5 Å². The summed E-state index contributed by atoms with van der Waals surface area (Å²) in [5.41, 5.74) is 5.42. The van der Waals surface area contributed by atoms with E-state index in [0.717, 1.165) is 19.4 Å². The lowest BCUT2D eigenvalue weighted by atomic mass is 9.96. The van der Waals surface area contributed by atoms with E-state index < -0.39 is 5.54 Å². The van der Waals surface area contributed by atoms with Gasteiger partial charge in [0.25, 0.3) is 0 Å². The van der Waals surface area contributed by atoms with Crippen LogP contribution in [0.15, 0.2) is 0 Å². The molecule has 17 heavy (non-hydrogen) atoms. The summed E-state index contributed by atoms with van der Waals surface area (Å²) in [5, 5.41) is 3.02. The third-order valence-corrected chi connectivity index (χ3v) is 4.24. The average molecular weight is 239 g/mol. The highest BCUT2D eigenvalue weighted by atomic mass is 16.2. The van der Waals surface area contributed by atoms with Crippen molar-refractivity contribution in [3.05, 3.63) is 0 Å². The number of carbonyl (C=O) groups is 1. The Kier molecular flexibility index (Phi) is 3.73. The number of nitrogens with one attached hydrogen (secondary N) is 1. The summed E-state index contributed by atoms with van der Waals surface area (Å²) in [4.78, 5) is 14.4. The Balaban J connectivity index is 1.75. The molecule has 1 amide bonds. The highest BCUT2D eigenvalue weighted by Crippen LogP contribution is 2.38. The molecule has 0 spiro atoms. The van der Waals surface area contributed by atoms with Gasteiger partial charge in [-0.1, -0.05) is 0 Å². The van der Waals surface area contributed by atoms with Crippen molar-refractivity contribution in [2.75, 3.05) is 19.6 Å². The molecule has 2 fully saturated rings. The van der Waals surface area contributed by atoms with E-state index in [1.807, 2.05) is 6.92 Å². The fourth-order valence-electron chi connectivity index (χ4n) is 2.61. The molecule has 0 aromatic rings. The van der Waals surface area contributed by atoms with E-state index in [4.69, 9.17) is 5.73 Å². The monoisotopic (exact) mass is 239 g/mol. The number of hydrogen-bond donors (Lipinski definition) is 2. The van der Waals surface area contributed by atoms with Crippen molar-refractivity contribution in [2.24, 2.45) is 11.7 Å². The van der Waals surface area contributed by atoms with Crippen LogP contribution in [-0.4, -0.2) is 42.0 Å². The highest BCUT2D eigenvalue weighted by molar-refractivity contribution is 5.86. The van der Waals surface area contributed by atoms with Gasteiger partial charge >= 0.3 is 0 Å². The fraction of sp³-hybridized carbons (Fsp3) is 0.923. The molecule has 1 saturated carbocycles. The van der Waals surface area contributed by atoms with E-state index in [0.29, 0.717) is 12.0 Å². The standard InChI is InChI=1S/C13H25N3O/c1-10(16-7-3-4-8-16)9-15-12(17)13(2,14)11-5-6-11/h10-11H,3-9,14H2,1-2H3,(H,15,17). The summed E-state index contributed by atoms with van der Waals surface area (Å²) in [6, 6.07) is 0.427. The predicted molar refractivity (Wildman–Crippen MR) is 68.6 cm³/mol. The minimum absolute atomic E-state index is 0.0195. The maximum atomic E-state index is 12.0. The van der Waals surface area contributed by atoms with Gasteiger partial charge in [-0.2, -0.15) is 0 Å². The maximum Gasteiger partial charge on any atom is 0.240 e. The molecule has 98 valence electrons. The van der Waals surface area contributed by atoms with Crippen molar-refractivity contribution in [1.29, 1.82) is 0 Å². The maximum absolute atomic E-state index is 12.0. The molecule has 1 heterocycles. The SMILES string of the molecule is CC(CNC(=O)C(C)(N)C1CC1)N1CCCC1. The minimum Gasteiger partial charge on any atom is -0.353 e. The molecule has 1 aliphatic carbocycles. The molecule has 4 heteroatoms. The first kappa shape index (κ1) is 12.8. The Hall–Kier alpha value is -0.610. The van der Waals surface area contributed by atoms with Gasteiger partial charge in [0.1, 0.15) is 0 Å². The van der Waals surface area contributed by atoms with E-state index >= 15 is 0 Å². The van der Waals surface area contributed by atoms with Crippen LogP contribution in [0.3, 0.4) is 0 Å². The topological polar surface area (TPSA) is 58.4 Å². The molecule has 0 aromatic carbocycles. The second-order valence-electron chi connectivity index (χ2n) is 5.86. The molecule has 2 atom stereocenters. The summed E-state index contributed by atoms with van der Waals surface area (Å²) in [5.74, 6) is 0.413. The van der Waals surface area contributed by atoms with Gasteiger partial charge in [-0.25, -0.2) is 0 Å². The van der Waals surface area contributed by atoms with Gasteiger partial charge in [0, 0.05) is 12.6 Å². The normalized spacial score (nSPS) is 26.5. The Morgan fingerprint density at radius 1 is 1.47 bits per heavy atom. The smallest absolute Gasteiger partial charge is 0.240 e. The average Bonchev–Trinajstić information content (AvgIpc) is 3.02. The molecular weight excluding hydrogens is 214 g/mol. The van der Waals surface area contributed by atoms with Gasteiger partial charge < -0.3 is 11.1 Å². The summed E-state index contributed by atoms with van der Waals surface area (Å²) in [6.45, 7) is 7.09. The molecule has 0 radical (unpaired) electrons. The zero-order valence-corrected chi connectivity index (χ0v) is 11.0. The lowest BCUT2D eigenvalue weighted by Gasteiger charge is -2.27. The number of carbonyl (C=O) groups excluding carboxylic acids is 1. The van der Waals surface area contributed by atoms with Crippen molar-refractivity contribution in [1.82, 2.24) is 10.2 Å². The van der Waals surface area contributed by atoms with Crippen molar-refractivity contribution >= 4 is 5.91 Å². The van der Waals surface area contributed by atoms with Crippen LogP contribution in [-0.2, 0) is 4.79 Å². The van der Waals surface area contributed by atoms with Gasteiger partial charge in [0.05, 0.1) is 5.54 Å². The second kappa shape index (κ2) is 4.94. The molecular formula is C13H25N3O. The summed E-state index contributed by atoms with van der Waals surface area (Å²) in [7, 11) is 0. The number of rotatable bonds is 5. The third-order valence-electron chi connectivity index (χ3n) is 4.24. The van der Waals surface area contributed by atoms with E-state index in [1.165, 1.54) is 25.9 Å². The van der Waals surface area contributed by atoms with E-state index in [1.54, 1.807) is 0 Å². The van der Waals surface area contributed by atoms with E-state index in [2.05, 4.69) is 17.1 Å². The molecule has 4 nitrogen and oxygen atoms in total. The Bertz CT molecular complexity index is 280. The fourth-order valence-corrected chi connectivity index (χ4v) is 2.61. The first-order valence-corrected chi connectivity index (χ1v) is 6.83. The lowest BCUT2D eigenvalue weighted by Crippen LogP contribution is -2.55. The zero-order chi connectivity index (χ0) is 12.5. The van der Waals surface area contributed by atoms with Crippen molar-refractivity contribution in [3.8, 4) is 0 Å². The summed E-state index contributed by atoms with van der Waals surface area (Å²) in [6.07, 6.45) is 4.77. The number of nitrogens with two attached hydrogens (primary N) is 1. The van der Waals surface area contributed by atoms with Crippen molar-refractivity contribution < 1.29 is 4.79 Å². The molecule has 0 aromatic heterocycles. The van der Waals surface area contributed by atoms with Crippen molar-refractivity contribution in [2.45, 2.75) is 51.1 Å². The van der Waals surface area contributed by atoms with Crippen LogP contribution in [0.2, 0.25) is 0 Å². The first-order chi connectivity index (χ1) is 8.01. The Morgan fingerprint density at radius 3 is 2.59 bits per heavy atom. The van der Waals surface area contributed by atoms with E-state index in [9.17, 15) is 4.79 Å². The van der Waals surface area contributed by atoms with Crippen LogP contribution in [0.4, 0.5) is 0 Å². The van der Waals surface area contributed by atoms with Gasteiger partial charge in [-0.3, -0.25) is 9.69 Å². The van der Waals surface area contributed by atoms with E-state index in [-0.39, 0.29) is 5.91 Å². The highest BCUT2D eigenvalue weighted by Gasteiger charge is 2.44. The Labute approximate surface area is 104 Å². The molecule has 2 rings (SSSR count). The molecule has 3 N–H and O–H groups in total. The summed E-state index contributed by atoms with van der Waals surface area (Å²) < 4.78 is 0. The number of nitrogens with zero attached hydrogens (tertiary/aromatic N) is 1. The van der Waals surface area contributed by atoms with Crippen LogP contribution >= 0.6 is 0 Å². The third kappa shape index (κ3) is 2.99. The lowest BCUT2D eigenvalue weighted by molar-refractivity contribution is -0.126. The number of hydrogen-bond acceptors (Lipinski definition) is 3. The molecule has 0 bridgehead atoms. The minimum atomic E-state index is -0.662. The van der Waals surface area contributed by atoms with Crippen LogP contribution in [0, 0.1) is 5.92 Å². The largest absolute Gasteiger partial charge is 0.353 e.